The highest BCUT2D eigenvalue weighted by Gasteiger charge is 2.26. The fourth-order valence-electron chi connectivity index (χ4n) is 2.58. The SMILES string of the molecule is CC(C)Cn1ncc(NCC2(C)CCNCC2)c(Cl)c1=O. The van der Waals surface area contributed by atoms with Gasteiger partial charge in [0.15, 0.2) is 0 Å². The third kappa shape index (κ3) is 4.20. The van der Waals surface area contributed by atoms with Crippen LogP contribution in [-0.2, 0) is 6.54 Å². The maximum absolute atomic E-state index is 12.2. The Bertz CT molecular complexity index is 535. The molecular formula is C15H25ClN4O. The predicted molar refractivity (Wildman–Crippen MR) is 87.0 cm³/mol. The quantitative estimate of drug-likeness (QED) is 0.876. The van der Waals surface area contributed by atoms with Gasteiger partial charge in [-0.05, 0) is 37.3 Å². The van der Waals surface area contributed by atoms with Gasteiger partial charge < -0.3 is 10.6 Å². The monoisotopic (exact) mass is 312 g/mol. The second-order valence-electron chi connectivity index (χ2n) is 6.67. The van der Waals surface area contributed by atoms with Crippen LogP contribution in [0.3, 0.4) is 0 Å². The van der Waals surface area contributed by atoms with Gasteiger partial charge in [0, 0.05) is 13.1 Å². The van der Waals surface area contributed by atoms with Gasteiger partial charge in [0.2, 0.25) is 0 Å². The standard InChI is InChI=1S/C15H25ClN4O/c1-11(2)9-20-14(21)13(16)12(8-19-20)18-10-15(3)4-6-17-7-5-15/h8,11,17-18H,4-7,9-10H2,1-3H3. The van der Waals surface area contributed by atoms with Gasteiger partial charge in [0.1, 0.15) is 5.02 Å². The zero-order valence-electron chi connectivity index (χ0n) is 13.1. The number of anilines is 1. The summed E-state index contributed by atoms with van der Waals surface area (Å²) in [6.07, 6.45) is 3.90. The highest BCUT2D eigenvalue weighted by Crippen LogP contribution is 2.28. The molecule has 1 aliphatic heterocycles. The minimum atomic E-state index is -0.217. The number of piperidine rings is 1. The lowest BCUT2D eigenvalue weighted by Gasteiger charge is -2.34. The van der Waals surface area contributed by atoms with Crippen LogP contribution in [0.25, 0.3) is 0 Å². The van der Waals surface area contributed by atoms with Crippen molar-refractivity contribution in [1.82, 2.24) is 15.1 Å². The summed E-state index contributed by atoms with van der Waals surface area (Å²) in [6.45, 7) is 9.84. The lowest BCUT2D eigenvalue weighted by molar-refractivity contribution is 0.247. The summed E-state index contributed by atoms with van der Waals surface area (Å²) >= 11 is 6.20. The Hall–Kier alpha value is -1.07. The first-order valence-electron chi connectivity index (χ1n) is 7.61. The van der Waals surface area contributed by atoms with Crippen LogP contribution < -0.4 is 16.2 Å². The maximum atomic E-state index is 12.2. The smallest absolute Gasteiger partial charge is 0.287 e. The molecule has 0 atom stereocenters. The number of hydrogen-bond acceptors (Lipinski definition) is 4. The number of nitrogens with one attached hydrogen (secondary N) is 2. The Morgan fingerprint density at radius 3 is 2.76 bits per heavy atom. The molecule has 0 bridgehead atoms. The van der Waals surface area contributed by atoms with Gasteiger partial charge in [-0.15, -0.1) is 0 Å². The van der Waals surface area contributed by atoms with Crippen molar-refractivity contribution in [2.45, 2.75) is 40.2 Å². The molecule has 2 rings (SSSR count). The average molecular weight is 313 g/mol. The van der Waals surface area contributed by atoms with Crippen molar-refractivity contribution in [2.75, 3.05) is 25.0 Å². The molecule has 0 amide bonds. The summed E-state index contributed by atoms with van der Waals surface area (Å²) in [5.41, 5.74) is 0.661. The Morgan fingerprint density at radius 2 is 2.14 bits per heavy atom. The van der Waals surface area contributed by atoms with Gasteiger partial charge >= 0.3 is 0 Å². The minimum absolute atomic E-state index is 0.217. The number of rotatable bonds is 5. The van der Waals surface area contributed by atoms with Crippen LogP contribution in [0.15, 0.2) is 11.0 Å². The van der Waals surface area contributed by atoms with E-state index in [0.717, 1.165) is 32.5 Å². The zero-order valence-corrected chi connectivity index (χ0v) is 13.8. The normalized spacial score (nSPS) is 18.0. The Labute approximate surface area is 131 Å². The van der Waals surface area contributed by atoms with Crippen LogP contribution in [0.1, 0.15) is 33.6 Å². The predicted octanol–water partition coefficient (Wildman–Crippen LogP) is 2.35. The summed E-state index contributed by atoms with van der Waals surface area (Å²) in [6, 6.07) is 0. The molecule has 1 aliphatic rings. The second kappa shape index (κ2) is 6.79. The first kappa shape index (κ1) is 16.3. The van der Waals surface area contributed by atoms with Crippen molar-refractivity contribution in [3.05, 3.63) is 21.6 Å². The third-order valence-corrected chi connectivity index (χ3v) is 4.40. The average Bonchev–Trinajstić information content (AvgIpc) is 2.43. The first-order chi connectivity index (χ1) is 9.91. The van der Waals surface area contributed by atoms with E-state index >= 15 is 0 Å². The van der Waals surface area contributed by atoms with E-state index in [1.54, 1.807) is 6.20 Å². The van der Waals surface area contributed by atoms with Gasteiger partial charge in [-0.3, -0.25) is 4.79 Å². The summed E-state index contributed by atoms with van der Waals surface area (Å²) in [7, 11) is 0. The number of nitrogens with zero attached hydrogens (tertiary/aromatic N) is 2. The molecule has 0 aromatic carbocycles. The van der Waals surface area contributed by atoms with Crippen molar-refractivity contribution < 1.29 is 0 Å². The van der Waals surface area contributed by atoms with E-state index in [2.05, 4.69) is 22.7 Å². The molecule has 0 spiro atoms. The highest BCUT2D eigenvalue weighted by atomic mass is 35.5. The van der Waals surface area contributed by atoms with Gasteiger partial charge in [-0.25, -0.2) is 4.68 Å². The van der Waals surface area contributed by atoms with Crippen molar-refractivity contribution in [2.24, 2.45) is 11.3 Å². The molecule has 6 heteroatoms. The summed E-state index contributed by atoms with van der Waals surface area (Å²) < 4.78 is 1.43. The second-order valence-corrected chi connectivity index (χ2v) is 7.05. The fraction of sp³-hybridized carbons (Fsp3) is 0.733. The van der Waals surface area contributed by atoms with Crippen molar-refractivity contribution in [3.8, 4) is 0 Å². The topological polar surface area (TPSA) is 59.0 Å². The van der Waals surface area contributed by atoms with Crippen molar-refractivity contribution in [3.63, 3.8) is 0 Å². The minimum Gasteiger partial charge on any atom is -0.382 e. The van der Waals surface area contributed by atoms with Crippen LogP contribution in [0, 0.1) is 11.3 Å². The molecule has 2 heterocycles. The van der Waals surface area contributed by atoms with E-state index in [0.29, 0.717) is 18.2 Å². The molecule has 5 nitrogen and oxygen atoms in total. The van der Waals surface area contributed by atoms with Crippen LogP contribution >= 0.6 is 11.6 Å². The molecule has 0 radical (unpaired) electrons. The number of hydrogen-bond donors (Lipinski definition) is 2. The molecule has 0 aliphatic carbocycles. The van der Waals surface area contributed by atoms with E-state index in [9.17, 15) is 4.79 Å². The maximum Gasteiger partial charge on any atom is 0.287 e. The van der Waals surface area contributed by atoms with Crippen molar-refractivity contribution >= 4 is 17.3 Å². The van der Waals surface area contributed by atoms with Crippen molar-refractivity contribution in [1.29, 1.82) is 0 Å². The molecule has 21 heavy (non-hydrogen) atoms. The molecule has 1 saturated heterocycles. The lowest BCUT2D eigenvalue weighted by atomic mass is 9.81. The van der Waals surface area contributed by atoms with Crippen LogP contribution in [0.4, 0.5) is 5.69 Å². The van der Waals surface area contributed by atoms with E-state index < -0.39 is 0 Å². The van der Waals surface area contributed by atoms with Crippen LogP contribution in [0.5, 0.6) is 0 Å². The largest absolute Gasteiger partial charge is 0.382 e. The van der Waals surface area contributed by atoms with Crippen LogP contribution in [0.2, 0.25) is 5.02 Å². The summed E-state index contributed by atoms with van der Waals surface area (Å²) in [5, 5.41) is 11.1. The van der Waals surface area contributed by atoms with E-state index in [1.165, 1.54) is 4.68 Å². The van der Waals surface area contributed by atoms with Crippen LogP contribution in [-0.4, -0.2) is 29.4 Å². The summed E-state index contributed by atoms with van der Waals surface area (Å²) in [4.78, 5) is 12.2. The Kier molecular flexibility index (Phi) is 5.27. The number of halogens is 1. The summed E-state index contributed by atoms with van der Waals surface area (Å²) in [5.74, 6) is 0.360. The Morgan fingerprint density at radius 1 is 1.48 bits per heavy atom. The zero-order chi connectivity index (χ0) is 15.5. The molecule has 1 fully saturated rings. The van der Waals surface area contributed by atoms with E-state index in [1.807, 2.05) is 13.8 Å². The van der Waals surface area contributed by atoms with E-state index in [4.69, 9.17) is 11.6 Å². The molecule has 2 N–H and O–H groups in total. The highest BCUT2D eigenvalue weighted by molar-refractivity contribution is 6.32. The van der Waals surface area contributed by atoms with Gasteiger partial charge in [0.25, 0.3) is 5.56 Å². The van der Waals surface area contributed by atoms with E-state index in [-0.39, 0.29) is 16.0 Å². The molecule has 1 aromatic heterocycles. The molecule has 1 aromatic rings. The first-order valence-corrected chi connectivity index (χ1v) is 7.99. The lowest BCUT2D eigenvalue weighted by Crippen LogP contribution is -2.39. The molecular weight excluding hydrogens is 288 g/mol. The fourth-order valence-corrected chi connectivity index (χ4v) is 2.79. The molecule has 118 valence electrons. The number of aromatic nitrogens is 2. The third-order valence-electron chi connectivity index (χ3n) is 4.04. The van der Waals surface area contributed by atoms with Gasteiger partial charge in [0.05, 0.1) is 11.9 Å². The van der Waals surface area contributed by atoms with Gasteiger partial charge in [-0.1, -0.05) is 32.4 Å². The van der Waals surface area contributed by atoms with Gasteiger partial charge in [-0.2, -0.15) is 5.10 Å². The molecule has 0 unspecified atom stereocenters. The Balaban J connectivity index is 2.07. The molecule has 0 saturated carbocycles.